The molecule has 27 heavy (non-hydrogen) atoms. The van der Waals surface area contributed by atoms with Crippen molar-refractivity contribution in [3.8, 4) is 23.0 Å². The topological polar surface area (TPSA) is 66.0 Å². The van der Waals surface area contributed by atoms with Gasteiger partial charge < -0.3 is 13.8 Å². The van der Waals surface area contributed by atoms with E-state index in [4.69, 9.17) is 9.26 Å². The van der Waals surface area contributed by atoms with Crippen LogP contribution in [0.15, 0.2) is 65.4 Å². The van der Waals surface area contributed by atoms with Gasteiger partial charge in [0.25, 0.3) is 5.89 Å². The summed E-state index contributed by atoms with van der Waals surface area (Å²) in [6.45, 7) is 3.22. The summed E-state index contributed by atoms with van der Waals surface area (Å²) in [6.07, 6.45) is 1.84. The van der Waals surface area contributed by atoms with Crippen LogP contribution in [0.3, 0.4) is 0 Å². The zero-order valence-electron chi connectivity index (χ0n) is 14.9. The van der Waals surface area contributed by atoms with Crippen molar-refractivity contribution in [2.45, 2.75) is 26.2 Å². The fourth-order valence-electron chi connectivity index (χ4n) is 3.31. The highest BCUT2D eigenvalue weighted by Crippen LogP contribution is 2.31. The lowest BCUT2D eigenvalue weighted by molar-refractivity contribution is 0.00330. The van der Waals surface area contributed by atoms with Gasteiger partial charge in [0, 0.05) is 5.56 Å². The molecule has 0 saturated carbocycles. The van der Waals surface area contributed by atoms with Crippen molar-refractivity contribution >= 4 is 0 Å². The summed E-state index contributed by atoms with van der Waals surface area (Å²) in [6, 6.07) is 18.3. The zero-order valence-corrected chi connectivity index (χ0v) is 14.9. The average molecular weight is 358 g/mol. The fraction of sp³-hybridized carbons (Fsp3) is 0.190. The Morgan fingerprint density at radius 1 is 1.04 bits per heavy atom. The lowest BCUT2D eigenvalue weighted by Crippen LogP contribution is -2.20. The lowest BCUT2D eigenvalue weighted by Gasteiger charge is -2.25. The zero-order chi connectivity index (χ0) is 18.2. The molecule has 0 fully saturated rings. The number of hydrogen-bond acceptors (Lipinski definition) is 5. The first kappa shape index (κ1) is 16.0. The second-order valence-electron chi connectivity index (χ2n) is 6.69. The summed E-state index contributed by atoms with van der Waals surface area (Å²) in [4.78, 5) is 9.03. The third-order valence-corrected chi connectivity index (χ3v) is 4.84. The monoisotopic (exact) mass is 358 g/mol. The molecule has 1 aliphatic heterocycles. The number of imidazole rings is 1. The Balaban J connectivity index is 1.42. The standard InChI is InChI=1S/C21H18N4O2/c1-14-7-9-16(10-8-14)20-23-21(27-24-20)19-17-12-26-18(11-25(17)13-22-19)15-5-3-2-4-6-15/h2-10,13,18H,11-12H2,1H3/t18-/m0/s1. The van der Waals surface area contributed by atoms with Gasteiger partial charge in [0.05, 0.1) is 25.2 Å². The Labute approximate surface area is 156 Å². The molecule has 4 aromatic rings. The maximum atomic E-state index is 6.06. The number of hydrogen-bond donors (Lipinski definition) is 0. The van der Waals surface area contributed by atoms with Gasteiger partial charge in [0.1, 0.15) is 6.10 Å². The molecule has 6 heteroatoms. The van der Waals surface area contributed by atoms with Crippen LogP contribution in [0, 0.1) is 6.92 Å². The van der Waals surface area contributed by atoms with Gasteiger partial charge in [0.15, 0.2) is 5.69 Å². The Bertz CT molecular complexity index is 1070. The molecule has 2 aromatic heterocycles. The van der Waals surface area contributed by atoms with Crippen molar-refractivity contribution in [3.63, 3.8) is 0 Å². The van der Waals surface area contributed by atoms with Gasteiger partial charge >= 0.3 is 0 Å². The third-order valence-electron chi connectivity index (χ3n) is 4.84. The minimum atomic E-state index is 0.0200. The van der Waals surface area contributed by atoms with E-state index in [1.165, 1.54) is 5.56 Å². The van der Waals surface area contributed by atoms with Gasteiger partial charge in [0.2, 0.25) is 5.82 Å². The van der Waals surface area contributed by atoms with Crippen LogP contribution in [0.2, 0.25) is 0 Å². The van der Waals surface area contributed by atoms with Crippen molar-refractivity contribution in [2.75, 3.05) is 0 Å². The highest BCUT2D eigenvalue weighted by atomic mass is 16.5. The maximum absolute atomic E-state index is 6.06. The summed E-state index contributed by atoms with van der Waals surface area (Å²) in [5.41, 5.74) is 4.92. The molecule has 1 atom stereocenters. The molecule has 0 unspecified atom stereocenters. The van der Waals surface area contributed by atoms with Crippen LogP contribution in [0.5, 0.6) is 0 Å². The molecule has 3 heterocycles. The van der Waals surface area contributed by atoms with E-state index in [1.54, 1.807) is 0 Å². The van der Waals surface area contributed by atoms with Gasteiger partial charge in [-0.05, 0) is 12.5 Å². The molecule has 0 radical (unpaired) electrons. The first-order valence-corrected chi connectivity index (χ1v) is 8.89. The van der Waals surface area contributed by atoms with Crippen molar-refractivity contribution in [2.24, 2.45) is 0 Å². The molecule has 1 aliphatic rings. The quantitative estimate of drug-likeness (QED) is 0.550. The number of fused-ring (bicyclic) bond motifs is 1. The molecule has 0 spiro atoms. The van der Waals surface area contributed by atoms with E-state index in [2.05, 4.69) is 31.8 Å². The molecule has 0 amide bonds. The highest BCUT2D eigenvalue weighted by molar-refractivity contribution is 5.59. The molecule has 5 rings (SSSR count). The Morgan fingerprint density at radius 3 is 2.67 bits per heavy atom. The summed E-state index contributed by atoms with van der Waals surface area (Å²) >= 11 is 0. The number of aryl methyl sites for hydroxylation is 1. The number of benzene rings is 2. The van der Waals surface area contributed by atoms with Crippen molar-refractivity contribution in [1.29, 1.82) is 0 Å². The summed E-state index contributed by atoms with van der Waals surface area (Å²) in [5, 5.41) is 4.11. The Morgan fingerprint density at radius 2 is 1.85 bits per heavy atom. The fourth-order valence-corrected chi connectivity index (χ4v) is 3.31. The SMILES string of the molecule is Cc1ccc(-c2noc(-c3ncn4c3CO[C@H](c3ccccc3)C4)n2)cc1. The average Bonchev–Trinajstić information content (AvgIpc) is 3.35. The van der Waals surface area contributed by atoms with Crippen LogP contribution in [-0.2, 0) is 17.9 Å². The summed E-state index contributed by atoms with van der Waals surface area (Å²) in [5.74, 6) is 0.978. The van der Waals surface area contributed by atoms with Gasteiger partial charge in [-0.1, -0.05) is 65.3 Å². The molecule has 6 nitrogen and oxygen atoms in total. The molecule has 0 saturated heterocycles. The second kappa shape index (κ2) is 6.48. The van der Waals surface area contributed by atoms with Gasteiger partial charge in [-0.3, -0.25) is 0 Å². The molecule has 0 bridgehead atoms. The summed E-state index contributed by atoms with van der Waals surface area (Å²) < 4.78 is 13.6. The van der Waals surface area contributed by atoms with E-state index in [0.717, 1.165) is 16.8 Å². The minimum absolute atomic E-state index is 0.0200. The minimum Gasteiger partial charge on any atom is -0.365 e. The predicted molar refractivity (Wildman–Crippen MR) is 99.7 cm³/mol. The van der Waals surface area contributed by atoms with Crippen LogP contribution < -0.4 is 0 Å². The Hall–Kier alpha value is -3.25. The number of aromatic nitrogens is 4. The molecule has 134 valence electrons. The van der Waals surface area contributed by atoms with E-state index in [0.29, 0.717) is 30.6 Å². The normalized spacial score (nSPS) is 16.3. The number of ether oxygens (including phenoxy) is 1. The van der Waals surface area contributed by atoms with E-state index in [1.807, 2.05) is 55.7 Å². The molecular weight excluding hydrogens is 340 g/mol. The van der Waals surface area contributed by atoms with Crippen LogP contribution in [-0.4, -0.2) is 19.7 Å². The maximum Gasteiger partial charge on any atom is 0.278 e. The van der Waals surface area contributed by atoms with E-state index >= 15 is 0 Å². The van der Waals surface area contributed by atoms with E-state index in [9.17, 15) is 0 Å². The summed E-state index contributed by atoms with van der Waals surface area (Å²) in [7, 11) is 0. The molecule has 2 aromatic carbocycles. The van der Waals surface area contributed by atoms with Crippen molar-refractivity contribution in [1.82, 2.24) is 19.7 Å². The second-order valence-corrected chi connectivity index (χ2v) is 6.69. The smallest absolute Gasteiger partial charge is 0.278 e. The van der Waals surface area contributed by atoms with Crippen LogP contribution in [0.25, 0.3) is 23.0 Å². The van der Waals surface area contributed by atoms with Crippen LogP contribution in [0.4, 0.5) is 0 Å². The van der Waals surface area contributed by atoms with Crippen molar-refractivity contribution < 1.29 is 9.26 Å². The number of nitrogens with zero attached hydrogens (tertiary/aromatic N) is 4. The van der Waals surface area contributed by atoms with Gasteiger partial charge in [-0.25, -0.2) is 4.98 Å². The largest absolute Gasteiger partial charge is 0.365 e. The molecular formula is C21H18N4O2. The predicted octanol–water partition coefficient (Wildman–Crippen LogP) is 4.18. The van der Waals surface area contributed by atoms with E-state index < -0.39 is 0 Å². The van der Waals surface area contributed by atoms with E-state index in [-0.39, 0.29) is 6.10 Å². The highest BCUT2D eigenvalue weighted by Gasteiger charge is 2.26. The molecule has 0 aliphatic carbocycles. The van der Waals surface area contributed by atoms with Gasteiger partial charge in [-0.2, -0.15) is 4.98 Å². The van der Waals surface area contributed by atoms with Gasteiger partial charge in [-0.15, -0.1) is 0 Å². The third kappa shape index (κ3) is 2.94. The van der Waals surface area contributed by atoms with Crippen LogP contribution in [0.1, 0.15) is 22.9 Å². The van der Waals surface area contributed by atoms with Crippen molar-refractivity contribution in [3.05, 3.63) is 77.7 Å². The molecule has 0 N–H and O–H groups in total. The first-order valence-electron chi connectivity index (χ1n) is 8.89. The number of rotatable bonds is 3. The lowest BCUT2D eigenvalue weighted by atomic mass is 10.1. The van der Waals surface area contributed by atoms with Crippen LogP contribution >= 0.6 is 0 Å². The Kier molecular flexibility index (Phi) is 3.83. The first-order chi connectivity index (χ1) is 13.3.